The van der Waals surface area contributed by atoms with Gasteiger partial charge in [0, 0.05) is 0 Å². The first kappa shape index (κ1) is 12.2. The van der Waals surface area contributed by atoms with E-state index in [1.165, 1.54) is 24.6 Å². The van der Waals surface area contributed by atoms with E-state index in [0.717, 1.165) is 25.9 Å². The summed E-state index contributed by atoms with van der Waals surface area (Å²) in [5, 5.41) is 9.74. The van der Waals surface area contributed by atoms with Crippen molar-refractivity contribution >= 4 is 23.4 Å². The molecule has 0 aromatic carbocycles. The molecule has 1 fully saturated rings. The lowest BCUT2D eigenvalue weighted by atomic mass is 10.2. The monoisotopic (exact) mass is 258 g/mol. The van der Waals surface area contributed by atoms with Crippen LogP contribution in [-0.4, -0.2) is 24.3 Å². The van der Waals surface area contributed by atoms with Crippen molar-refractivity contribution in [2.24, 2.45) is 0 Å². The van der Waals surface area contributed by atoms with Crippen molar-refractivity contribution < 1.29 is 14.1 Å². The maximum Gasteiger partial charge on any atom is 0.360 e. The van der Waals surface area contributed by atoms with Crippen LogP contribution >= 0.6 is 11.6 Å². The number of nitrogens with zero attached hydrogens (tertiary/aromatic N) is 4. The Kier molecular flexibility index (Phi) is 3.83. The van der Waals surface area contributed by atoms with Gasteiger partial charge in [-0.05, 0) is 31.4 Å². The fourth-order valence-corrected chi connectivity index (χ4v) is 2.08. The molecule has 2 heterocycles. The van der Waals surface area contributed by atoms with Crippen molar-refractivity contribution in [2.75, 3.05) is 18.1 Å². The third-order valence-electron chi connectivity index (χ3n) is 2.67. The highest BCUT2D eigenvalue weighted by Gasteiger charge is 2.26. The van der Waals surface area contributed by atoms with Crippen LogP contribution in [0.5, 0.6) is 0 Å². The zero-order valence-electron chi connectivity index (χ0n) is 9.73. The van der Waals surface area contributed by atoms with Gasteiger partial charge in [-0.15, -0.1) is 0 Å². The Labute approximate surface area is 104 Å². The van der Waals surface area contributed by atoms with Gasteiger partial charge in [-0.1, -0.05) is 12.8 Å². The number of carbonyl (C=O) groups excluding carboxylic acids is 1. The smallest absolute Gasteiger partial charge is 0.360 e. The van der Waals surface area contributed by atoms with Crippen molar-refractivity contribution in [1.82, 2.24) is 5.27 Å². The summed E-state index contributed by atoms with van der Waals surface area (Å²) in [6.07, 6.45) is 4.65. The Morgan fingerprint density at radius 2 is 2.06 bits per heavy atom. The van der Waals surface area contributed by atoms with Crippen LogP contribution < -0.4 is 9.80 Å². The summed E-state index contributed by atoms with van der Waals surface area (Å²) >= 11 is 6.07. The maximum absolute atomic E-state index is 10.9. The largest absolute Gasteiger partial charge is 0.587 e. The van der Waals surface area contributed by atoms with Crippen LogP contribution in [0, 0.1) is 0 Å². The number of aromatic nitrogens is 2. The first-order chi connectivity index (χ1) is 8.18. The average molecular weight is 259 g/mol. The van der Waals surface area contributed by atoms with Crippen molar-refractivity contribution in [3.63, 3.8) is 0 Å². The van der Waals surface area contributed by atoms with Gasteiger partial charge in [0.05, 0.1) is 23.8 Å². The molecule has 1 aliphatic rings. The molecule has 0 unspecified atom stereocenters. The van der Waals surface area contributed by atoms with Gasteiger partial charge in [-0.2, -0.15) is 5.01 Å². The van der Waals surface area contributed by atoms with E-state index >= 15 is 0 Å². The Bertz CT molecular complexity index is 399. The van der Waals surface area contributed by atoms with Crippen LogP contribution in [0.3, 0.4) is 0 Å². The molecule has 94 valence electrons. The minimum absolute atomic E-state index is 0.0726. The van der Waals surface area contributed by atoms with Gasteiger partial charge < -0.3 is 14.6 Å². The quantitative estimate of drug-likeness (QED) is 0.757. The molecule has 7 heteroatoms. The van der Waals surface area contributed by atoms with E-state index in [-0.39, 0.29) is 16.9 Å². The van der Waals surface area contributed by atoms with E-state index in [9.17, 15) is 4.79 Å². The molecule has 0 N–H and O–H groups in total. The van der Waals surface area contributed by atoms with Gasteiger partial charge in [-0.3, -0.25) is 0 Å². The SMILES string of the molecule is CC(=O)[N-]c1on[n+](N2CCCCCC2)c1Cl. The van der Waals surface area contributed by atoms with E-state index in [1.54, 1.807) is 0 Å². The first-order valence-corrected chi connectivity index (χ1v) is 6.11. The summed E-state index contributed by atoms with van der Waals surface area (Å²) < 4.78 is 4.95. The third-order valence-corrected chi connectivity index (χ3v) is 2.98. The molecule has 0 bridgehead atoms. The highest BCUT2D eigenvalue weighted by atomic mass is 35.5. The van der Waals surface area contributed by atoms with Crippen molar-refractivity contribution in [2.45, 2.75) is 32.6 Å². The zero-order valence-corrected chi connectivity index (χ0v) is 10.5. The number of rotatable bonds is 2. The highest BCUT2D eigenvalue weighted by molar-refractivity contribution is 6.31. The highest BCUT2D eigenvalue weighted by Crippen LogP contribution is 2.24. The minimum atomic E-state index is -0.355. The fraction of sp³-hybridized carbons (Fsp3) is 0.700. The second-order valence-corrected chi connectivity index (χ2v) is 4.42. The fourth-order valence-electron chi connectivity index (χ4n) is 1.87. The number of halogens is 1. The normalized spacial score (nSPS) is 16.7. The summed E-state index contributed by atoms with van der Waals surface area (Å²) in [6, 6.07) is 0. The molecule has 1 aromatic rings. The van der Waals surface area contributed by atoms with Crippen LogP contribution in [0.4, 0.5) is 5.88 Å². The first-order valence-electron chi connectivity index (χ1n) is 5.73. The van der Waals surface area contributed by atoms with Gasteiger partial charge >= 0.3 is 5.15 Å². The number of carbonyl (C=O) groups is 1. The molecule has 1 saturated heterocycles. The molecule has 17 heavy (non-hydrogen) atoms. The molecule has 6 nitrogen and oxygen atoms in total. The Hall–Kier alpha value is -1.30. The van der Waals surface area contributed by atoms with Gasteiger partial charge in [0.25, 0.3) is 0 Å². The van der Waals surface area contributed by atoms with Crippen LogP contribution in [-0.2, 0) is 4.79 Å². The van der Waals surface area contributed by atoms with E-state index in [1.807, 2.05) is 5.01 Å². The average Bonchev–Trinajstić information content (AvgIpc) is 2.55. The Morgan fingerprint density at radius 1 is 1.41 bits per heavy atom. The van der Waals surface area contributed by atoms with Crippen LogP contribution in [0.25, 0.3) is 5.32 Å². The zero-order chi connectivity index (χ0) is 12.3. The molecule has 0 atom stereocenters. The van der Waals surface area contributed by atoms with E-state index < -0.39 is 0 Å². The molecule has 0 saturated carbocycles. The summed E-state index contributed by atoms with van der Waals surface area (Å²) in [7, 11) is 0. The van der Waals surface area contributed by atoms with Crippen molar-refractivity contribution in [3.8, 4) is 0 Å². The van der Waals surface area contributed by atoms with Crippen molar-refractivity contribution in [3.05, 3.63) is 10.5 Å². The van der Waals surface area contributed by atoms with Gasteiger partial charge in [0.1, 0.15) is 0 Å². The number of hydrogen-bond acceptors (Lipinski definition) is 4. The lowest BCUT2D eigenvalue weighted by molar-refractivity contribution is -0.756. The summed E-state index contributed by atoms with van der Waals surface area (Å²) in [4.78, 5) is 12.4. The van der Waals surface area contributed by atoms with Gasteiger partial charge in [-0.25, -0.2) is 0 Å². The molecule has 0 aliphatic carbocycles. The second kappa shape index (κ2) is 5.35. The number of amides is 1. The molecule has 0 radical (unpaired) electrons. The van der Waals surface area contributed by atoms with E-state index in [4.69, 9.17) is 16.1 Å². The summed E-state index contributed by atoms with van der Waals surface area (Å²) in [6.45, 7) is 3.11. The minimum Gasteiger partial charge on any atom is -0.587 e. The van der Waals surface area contributed by atoms with Crippen LogP contribution in [0.2, 0.25) is 5.15 Å². The lowest BCUT2D eigenvalue weighted by Crippen LogP contribution is -2.60. The lowest BCUT2D eigenvalue weighted by Gasteiger charge is -2.11. The number of hydrogen-bond donors (Lipinski definition) is 0. The third kappa shape index (κ3) is 2.88. The molecule has 1 aliphatic heterocycles. The predicted molar refractivity (Wildman–Crippen MR) is 61.8 cm³/mol. The van der Waals surface area contributed by atoms with Crippen LogP contribution in [0.1, 0.15) is 32.6 Å². The second-order valence-electron chi connectivity index (χ2n) is 4.06. The molecule has 0 spiro atoms. The molecular formula is C10H15ClN4O2. The Balaban J connectivity index is 2.14. The van der Waals surface area contributed by atoms with E-state index in [2.05, 4.69) is 10.6 Å². The van der Waals surface area contributed by atoms with Crippen LogP contribution in [0.15, 0.2) is 4.52 Å². The van der Waals surface area contributed by atoms with Crippen molar-refractivity contribution in [1.29, 1.82) is 0 Å². The molecular weight excluding hydrogens is 244 g/mol. The predicted octanol–water partition coefficient (Wildman–Crippen LogP) is 1.68. The summed E-state index contributed by atoms with van der Waals surface area (Å²) in [5.74, 6) is -0.283. The molecule has 1 aromatic heterocycles. The summed E-state index contributed by atoms with van der Waals surface area (Å²) in [5.41, 5.74) is 0. The van der Waals surface area contributed by atoms with Gasteiger partial charge in [0.2, 0.25) is 5.27 Å². The Morgan fingerprint density at radius 3 is 2.65 bits per heavy atom. The molecule has 2 rings (SSSR count). The standard InChI is InChI=1S/C10H15ClN4O2/c1-8(16)12-10-9(11)15(13-17-10)14-6-4-2-3-5-7-14/h2-7H2,1H3. The maximum atomic E-state index is 10.9. The van der Waals surface area contributed by atoms with E-state index in [0.29, 0.717) is 0 Å². The molecule has 1 amide bonds. The topological polar surface area (TPSA) is 64.3 Å². The van der Waals surface area contributed by atoms with Gasteiger partial charge in [0.15, 0.2) is 5.88 Å².